The molecule has 5 heterocycles. The summed E-state index contributed by atoms with van der Waals surface area (Å²) < 4.78 is 303. The van der Waals surface area contributed by atoms with Gasteiger partial charge in [-0.25, -0.2) is 26.3 Å². The molecule has 56 heteroatoms. The van der Waals surface area contributed by atoms with Gasteiger partial charge >= 0.3 is 84.4 Å². The molecule has 25 atom stereocenters. The zero-order valence-corrected chi connectivity index (χ0v) is 47.1. The van der Waals surface area contributed by atoms with Crippen molar-refractivity contribution in [2.24, 2.45) is 0 Å². The highest BCUT2D eigenvalue weighted by molar-refractivity contribution is 7.84. The van der Waals surface area contributed by atoms with Crippen molar-refractivity contribution in [3.05, 3.63) is 0 Å². The second-order valence-electron chi connectivity index (χ2n) is 18.0. The molecule has 0 aromatic carbocycles. The van der Waals surface area contributed by atoms with Crippen LogP contribution in [0.5, 0.6) is 0 Å². The molecule has 0 spiro atoms. The maximum atomic E-state index is 12.9. The average Bonchev–Trinajstić information content (AvgIpc) is 0.822. The molecule has 0 aromatic heterocycles. The van der Waals surface area contributed by atoms with Crippen LogP contribution in [0.2, 0.25) is 0 Å². The van der Waals surface area contributed by atoms with Gasteiger partial charge in [-0.15, -0.1) is 0 Å². The van der Waals surface area contributed by atoms with E-state index in [9.17, 15) is 147 Å². The van der Waals surface area contributed by atoms with Crippen molar-refractivity contribution in [3.8, 4) is 0 Å². The van der Waals surface area contributed by atoms with Crippen molar-refractivity contribution in [1.29, 1.82) is 0 Å². The van der Waals surface area contributed by atoms with Crippen LogP contribution in [0.4, 0.5) is 0 Å². The smallest absolute Gasteiger partial charge is 0.397 e. The fourth-order valence-corrected chi connectivity index (χ4v) is 12.0. The zero-order valence-electron chi connectivity index (χ0n) is 41.4. The summed E-state index contributed by atoms with van der Waals surface area (Å²) in [6, 6.07) is -8.17. The number of aliphatic hydroxyl groups is 8. The quantitative estimate of drug-likeness (QED) is 0.0340. The molecule has 5 aliphatic rings. The lowest BCUT2D eigenvalue weighted by Crippen LogP contribution is -2.71. The lowest BCUT2D eigenvalue weighted by atomic mass is 9.94. The standard InChI is InChI=1S/C30H51N3O46S7/c34-1-4-16(12(37)7(26(45)69-4)31-80(46,47)48)72-30-21(79-86(64,65)66)15(40)20(23(77-30)25(43)44)75-28-9(33-82(52,53)54)18(78-85(61,62)63)17(6(71-28)3-68-84(58,59)60)73-29-14(39)13(38)19(22(76-29)24(41)42)74-27-8(32-81(49,50)51)11(36)10(35)5(70-27)2-67-83(55,56)57/h4-23,26-40,45H,1-3H2,(H,41,42)(H,43,44)(H,46,47,48)(H,49,50,51)(H,52,53,54)(H,55,56,57)(H,58,59,60)(H,61,62,63)(H,64,65,66)/t4-,5-,6-,7-,8-,9-,10-,11-,12-,13-,14-,15+,16-,17-,18-,19+,20+,21-,22+,23-,26+,27+,28-,29-,30-/m1/s1. The van der Waals surface area contributed by atoms with Crippen LogP contribution in [0, 0.1) is 0 Å². The molecule has 0 saturated carbocycles. The van der Waals surface area contributed by atoms with Gasteiger partial charge in [-0.3, -0.25) is 31.9 Å². The van der Waals surface area contributed by atoms with E-state index in [4.69, 9.17) is 47.2 Å². The van der Waals surface area contributed by atoms with Gasteiger partial charge in [-0.05, 0) is 0 Å². The topological polar surface area (TPSA) is 773 Å². The van der Waals surface area contributed by atoms with Gasteiger partial charge in [-0.2, -0.15) is 73.1 Å². The van der Waals surface area contributed by atoms with Gasteiger partial charge in [0.15, 0.2) is 49.8 Å². The van der Waals surface area contributed by atoms with Crippen LogP contribution in [0.1, 0.15) is 0 Å². The summed E-state index contributed by atoms with van der Waals surface area (Å²) >= 11 is 0. The van der Waals surface area contributed by atoms with E-state index in [2.05, 4.69) is 16.7 Å². The molecule has 5 rings (SSSR count). The second-order valence-corrected chi connectivity index (χ2v) is 25.8. The Labute approximate surface area is 480 Å². The number of carboxylic acids is 2. The van der Waals surface area contributed by atoms with Crippen LogP contribution in [-0.4, -0.2) is 327 Å². The third-order valence-corrected chi connectivity index (χ3v) is 15.5. The van der Waals surface area contributed by atoms with Crippen molar-refractivity contribution in [2.45, 2.75) is 153 Å². The molecule has 20 N–H and O–H groups in total. The molecule has 0 radical (unpaired) electrons. The Balaban J connectivity index is 1.58. The molecule has 5 fully saturated rings. The molecule has 49 nitrogen and oxygen atoms in total. The summed E-state index contributed by atoms with van der Waals surface area (Å²) in [4.78, 5) is 25.6. The van der Waals surface area contributed by atoms with E-state index >= 15 is 0 Å². The van der Waals surface area contributed by atoms with Crippen LogP contribution >= 0.6 is 0 Å². The molecule has 0 unspecified atom stereocenters. The number of carbonyl (C=O) groups is 2. The summed E-state index contributed by atoms with van der Waals surface area (Å²) in [5.74, 6) is -4.83. The first-order valence-electron chi connectivity index (χ1n) is 22.5. The molecule has 5 saturated heterocycles. The first-order valence-corrected chi connectivity index (χ1v) is 32.3. The zero-order chi connectivity index (χ0) is 65.5. The Kier molecular flexibility index (Phi) is 24.2. The summed E-state index contributed by atoms with van der Waals surface area (Å²) in [6.45, 7) is -4.82. The molecular weight excluding hydrogens is 1360 g/mol. The van der Waals surface area contributed by atoms with Gasteiger partial charge in [0.05, 0.1) is 19.8 Å². The summed E-state index contributed by atoms with van der Waals surface area (Å²) in [6.07, 6.45) is -62.5. The SMILES string of the molecule is O=C(O)[C@H]1O[C@@H](O[C@H]2[C@H](OS(=O)(=O)O)[C@@H](NS(=O)(=O)O)[C@@H](O[C@H]3[C@H](O)[C@@H](OS(=O)(=O)O)[C@H](O[C@H]4[C@H](O)[C@@H](NS(=O)(=O)O)[C@@H](O)O[C@@H]4CO)O[C@H]3C(=O)O)O[C@@H]2COS(=O)(=O)O)[C@H](O)[C@@H](O)[C@@H]1O[C@@H]1O[C@H](COS(=O)(=O)O)[C@@H](O)[C@H](O)[C@H]1NS(=O)(=O)O. The fourth-order valence-electron chi connectivity index (χ4n) is 8.66. The third kappa shape index (κ3) is 20.4. The van der Waals surface area contributed by atoms with Gasteiger partial charge in [0.2, 0.25) is 0 Å². The van der Waals surface area contributed by atoms with E-state index in [0.29, 0.717) is 0 Å². The number of hydrogen-bond donors (Lipinski definition) is 20. The predicted molar refractivity (Wildman–Crippen MR) is 247 cm³/mol. The van der Waals surface area contributed by atoms with Gasteiger partial charge in [0, 0.05) is 0 Å². The lowest BCUT2D eigenvalue weighted by molar-refractivity contribution is -0.372. The third-order valence-electron chi connectivity index (χ3n) is 12.0. The van der Waals surface area contributed by atoms with Crippen LogP contribution in [0.3, 0.4) is 0 Å². The van der Waals surface area contributed by atoms with E-state index in [1.165, 1.54) is 9.44 Å². The van der Waals surface area contributed by atoms with Crippen molar-refractivity contribution in [3.63, 3.8) is 0 Å². The molecule has 0 aromatic rings. The van der Waals surface area contributed by atoms with E-state index in [-0.39, 0.29) is 0 Å². The molecule has 0 amide bonds. The van der Waals surface area contributed by atoms with Crippen molar-refractivity contribution >= 4 is 84.4 Å². The largest absolute Gasteiger partial charge is 0.479 e. The Hall–Kier alpha value is -2.65. The number of nitrogens with one attached hydrogen (secondary N) is 3. The van der Waals surface area contributed by atoms with Crippen molar-refractivity contribution < 1.29 is 211 Å². The van der Waals surface area contributed by atoms with E-state index < -0.39 is 258 Å². The Bertz CT molecular complexity index is 3190. The highest BCUT2D eigenvalue weighted by atomic mass is 32.3. The molecular formula is C30H51N3O46S7. The molecule has 86 heavy (non-hydrogen) atoms. The highest BCUT2D eigenvalue weighted by Crippen LogP contribution is 2.38. The van der Waals surface area contributed by atoms with Crippen LogP contribution in [-0.2, 0) is 141 Å². The summed E-state index contributed by atoms with van der Waals surface area (Å²) in [7, 11) is -40.7. The summed E-state index contributed by atoms with van der Waals surface area (Å²) in [5.41, 5.74) is 0. The minimum absolute atomic E-state index is 1.12. The van der Waals surface area contributed by atoms with Gasteiger partial charge in [-0.1, -0.05) is 0 Å². The maximum Gasteiger partial charge on any atom is 0.397 e. The molecule has 0 aliphatic carbocycles. The van der Waals surface area contributed by atoms with E-state index in [1.807, 2.05) is 0 Å². The molecule has 0 bridgehead atoms. The Morgan fingerprint density at radius 1 is 0.372 bits per heavy atom. The van der Waals surface area contributed by atoms with Crippen LogP contribution in [0.15, 0.2) is 0 Å². The normalized spacial score (nSPS) is 40.0. The van der Waals surface area contributed by atoms with Gasteiger partial charge < -0.3 is 93.7 Å². The average molecular weight is 1410 g/mol. The first kappa shape index (κ1) is 74.1. The van der Waals surface area contributed by atoms with Gasteiger partial charge in [0.1, 0.15) is 104 Å². The minimum Gasteiger partial charge on any atom is -0.479 e. The Morgan fingerprint density at radius 2 is 0.779 bits per heavy atom. The molecule has 5 aliphatic heterocycles. The van der Waals surface area contributed by atoms with Gasteiger partial charge in [0.25, 0.3) is 0 Å². The minimum atomic E-state index is -6.31. The summed E-state index contributed by atoms with van der Waals surface area (Å²) in [5, 5.41) is 107. The molecule has 504 valence electrons. The van der Waals surface area contributed by atoms with E-state index in [1.54, 1.807) is 0 Å². The Morgan fingerprint density at radius 3 is 1.24 bits per heavy atom. The number of rotatable bonds is 27. The fraction of sp³-hybridized carbons (Fsp3) is 0.933. The number of aliphatic carboxylic acids is 2. The van der Waals surface area contributed by atoms with Crippen LogP contribution in [0.25, 0.3) is 0 Å². The lowest BCUT2D eigenvalue weighted by Gasteiger charge is -2.50. The highest BCUT2D eigenvalue weighted by Gasteiger charge is 2.61. The van der Waals surface area contributed by atoms with E-state index in [0.717, 1.165) is 4.72 Å². The number of ether oxygens (including phenoxy) is 9. The van der Waals surface area contributed by atoms with Crippen molar-refractivity contribution in [2.75, 3.05) is 19.8 Å². The van der Waals surface area contributed by atoms with Crippen molar-refractivity contribution in [1.82, 2.24) is 14.2 Å². The predicted octanol–water partition coefficient (Wildman–Crippen LogP) is -14.2. The number of carboxylic acid groups (broad SMARTS) is 2. The maximum absolute atomic E-state index is 12.9. The first-order chi connectivity index (χ1) is 39.0. The number of aliphatic hydroxyl groups excluding tert-OH is 8. The number of hydrogen-bond acceptors (Lipinski definition) is 37. The monoisotopic (exact) mass is 1410 g/mol. The van der Waals surface area contributed by atoms with Crippen LogP contribution < -0.4 is 14.2 Å². The second kappa shape index (κ2) is 28.1.